The van der Waals surface area contributed by atoms with Gasteiger partial charge in [0.2, 0.25) is 0 Å². The number of hydrogen-bond donors (Lipinski definition) is 3. The molecular weight excluding hydrogens is 643 g/mol. The van der Waals surface area contributed by atoms with Gasteiger partial charge in [-0.25, -0.2) is 9.78 Å². The van der Waals surface area contributed by atoms with E-state index in [-0.39, 0.29) is 40.3 Å². The average Bonchev–Trinajstić information content (AvgIpc) is 3.54. The maximum absolute atomic E-state index is 13.8. The molecule has 250 valence electrons. The Bertz CT molecular complexity index is 1610. The van der Waals surface area contributed by atoms with Crippen LogP contribution in [-0.2, 0) is 30.6 Å². The third kappa shape index (κ3) is 6.56. The van der Waals surface area contributed by atoms with E-state index >= 15 is 0 Å². The van der Waals surface area contributed by atoms with Crippen molar-refractivity contribution in [3.8, 4) is 5.75 Å². The minimum Gasteiger partial charge on any atom is -0.497 e. The standard InChI is InChI=1S/C33H39N5O7S2/c1-38(20-8-9-21(38)14-22(39)13-20)12-4-5-19-16-46-30-26(25(19)32(42)45-15-18-6-10-23(43-2)11-7-18)29(40)28(30)36-31(41)27(37-44-3)24-17-47-33(34)35-24/h4-7,10-11,17,20-22,26,28,30,39H,8-9,12-16H2,1-3H3,(H2-,34,35,36,41)/p+1/b5-4+,37-27-/t20-,21+,22?,26?,28-,30+,38?/m1/s1. The lowest BCUT2D eigenvalue weighted by atomic mass is 9.71. The van der Waals surface area contributed by atoms with Crippen LogP contribution in [0.2, 0.25) is 0 Å². The Kier molecular flexibility index (Phi) is 9.74. The summed E-state index contributed by atoms with van der Waals surface area (Å²) >= 11 is 2.69. The van der Waals surface area contributed by atoms with E-state index in [1.165, 1.54) is 18.9 Å². The number of nitrogens with two attached hydrogens (primary N) is 1. The molecule has 1 aromatic carbocycles. The summed E-state index contributed by atoms with van der Waals surface area (Å²) < 4.78 is 11.9. The number of nitrogen functional groups attached to an aromatic ring is 1. The Balaban J connectivity index is 1.22. The van der Waals surface area contributed by atoms with Crippen molar-refractivity contribution in [2.24, 2.45) is 11.1 Å². The molecule has 7 atom stereocenters. The van der Waals surface area contributed by atoms with Crippen LogP contribution < -0.4 is 15.8 Å². The average molecular weight is 683 g/mol. The molecule has 47 heavy (non-hydrogen) atoms. The lowest BCUT2D eigenvalue weighted by molar-refractivity contribution is -0.944. The van der Waals surface area contributed by atoms with Gasteiger partial charge >= 0.3 is 5.97 Å². The third-order valence-corrected chi connectivity index (χ3v) is 12.0. The SMILES string of the molecule is CO/N=C(\C(=O)N[C@@H]1C(=O)C2C(C(=O)OCc3ccc(OC)cc3)=C(/C=C/C[N+]3(C)[C@@H]4CC[C@H]3CC(O)C4)CS[C@@H]21)c1csc(N)n1. The first-order valence-corrected chi connectivity index (χ1v) is 17.6. The van der Waals surface area contributed by atoms with Gasteiger partial charge in [-0.3, -0.25) is 9.59 Å². The fraction of sp³-hybridized carbons (Fsp3) is 0.485. The Morgan fingerprint density at radius 2 is 1.91 bits per heavy atom. The maximum Gasteiger partial charge on any atom is 0.335 e. The molecule has 6 rings (SSSR count). The number of likely N-dealkylation sites (N-methyl/N-ethyl adjacent to an activating group) is 1. The zero-order chi connectivity index (χ0) is 33.3. The molecule has 1 amide bonds. The van der Waals surface area contributed by atoms with Crippen molar-refractivity contribution in [2.75, 3.05) is 39.3 Å². The molecule has 1 saturated carbocycles. The zero-order valence-corrected chi connectivity index (χ0v) is 28.2. The maximum atomic E-state index is 13.8. The van der Waals surface area contributed by atoms with Gasteiger partial charge in [-0.1, -0.05) is 23.4 Å². The molecule has 3 aliphatic heterocycles. The lowest BCUT2D eigenvalue weighted by Crippen LogP contribution is -2.66. The normalized spacial score (nSPS) is 30.1. The second-order valence-electron chi connectivity index (χ2n) is 12.6. The third-order valence-electron chi connectivity index (χ3n) is 9.96. The van der Waals surface area contributed by atoms with Crippen molar-refractivity contribution in [1.29, 1.82) is 0 Å². The van der Waals surface area contributed by atoms with Gasteiger partial charge < -0.3 is 35.0 Å². The molecule has 0 spiro atoms. The number of fused-ring (bicyclic) bond motifs is 3. The number of oxime groups is 1. The molecule has 12 nitrogen and oxygen atoms in total. The summed E-state index contributed by atoms with van der Waals surface area (Å²) in [6, 6.07) is 7.23. The Morgan fingerprint density at radius 1 is 1.19 bits per heavy atom. The number of thioether (sulfide) groups is 1. The van der Waals surface area contributed by atoms with Gasteiger partial charge in [-0.2, -0.15) is 11.8 Å². The number of anilines is 1. The monoisotopic (exact) mass is 682 g/mol. The second-order valence-corrected chi connectivity index (χ2v) is 14.7. The number of aliphatic hydroxyl groups is 1. The summed E-state index contributed by atoms with van der Waals surface area (Å²) in [5, 5.41) is 18.4. The first-order valence-electron chi connectivity index (χ1n) is 15.6. The van der Waals surface area contributed by atoms with Crippen molar-refractivity contribution >= 4 is 51.6 Å². The van der Waals surface area contributed by atoms with Crippen LogP contribution in [0, 0.1) is 5.92 Å². The number of benzene rings is 1. The molecule has 1 aliphatic carbocycles. The molecule has 4 N–H and O–H groups in total. The van der Waals surface area contributed by atoms with Crippen LogP contribution in [-0.4, -0.2) is 101 Å². The minimum atomic E-state index is -0.828. The van der Waals surface area contributed by atoms with E-state index in [0.29, 0.717) is 29.2 Å². The van der Waals surface area contributed by atoms with Crippen molar-refractivity contribution in [3.63, 3.8) is 0 Å². The smallest absolute Gasteiger partial charge is 0.335 e. The van der Waals surface area contributed by atoms with Crippen molar-refractivity contribution in [2.45, 2.75) is 61.8 Å². The molecule has 3 unspecified atom stereocenters. The second kappa shape index (κ2) is 13.8. The van der Waals surface area contributed by atoms with Crippen LogP contribution in [0.15, 0.2) is 58.1 Å². The molecule has 14 heteroatoms. The van der Waals surface area contributed by atoms with E-state index in [1.807, 2.05) is 18.2 Å². The molecule has 4 heterocycles. The van der Waals surface area contributed by atoms with Crippen LogP contribution in [0.1, 0.15) is 36.9 Å². The molecule has 4 aliphatic rings. The van der Waals surface area contributed by atoms with Gasteiger partial charge in [0.05, 0.1) is 50.4 Å². The van der Waals surface area contributed by atoms with Gasteiger partial charge in [0, 0.05) is 42.1 Å². The highest BCUT2D eigenvalue weighted by Gasteiger charge is 2.57. The van der Waals surface area contributed by atoms with Crippen LogP contribution in [0.25, 0.3) is 0 Å². The molecule has 1 aromatic heterocycles. The lowest BCUT2D eigenvalue weighted by Gasteiger charge is -2.46. The number of thiazole rings is 1. The summed E-state index contributed by atoms with van der Waals surface area (Å²) in [4.78, 5) is 49.7. The van der Waals surface area contributed by atoms with Crippen molar-refractivity contribution < 1.29 is 38.3 Å². The van der Waals surface area contributed by atoms with Crippen molar-refractivity contribution in [1.82, 2.24) is 10.3 Å². The number of methoxy groups -OCH3 is 1. The van der Waals surface area contributed by atoms with Gasteiger partial charge in [0.1, 0.15) is 31.2 Å². The number of esters is 1. The molecule has 2 saturated heterocycles. The number of hydrogen-bond acceptors (Lipinski definition) is 12. The predicted octanol–water partition coefficient (Wildman–Crippen LogP) is 2.61. The predicted molar refractivity (Wildman–Crippen MR) is 179 cm³/mol. The fourth-order valence-corrected chi connectivity index (χ4v) is 9.42. The molecule has 2 bridgehead atoms. The Labute approximate surface area is 281 Å². The van der Waals surface area contributed by atoms with E-state index in [4.69, 9.17) is 20.0 Å². The number of carbonyl (C=O) groups excluding carboxylic acids is 3. The number of ether oxygens (including phenoxy) is 2. The number of rotatable bonds is 11. The minimum absolute atomic E-state index is 0.0382. The summed E-state index contributed by atoms with van der Waals surface area (Å²) in [5.41, 5.74) is 7.79. The van der Waals surface area contributed by atoms with Crippen LogP contribution in [0.3, 0.4) is 0 Å². The van der Waals surface area contributed by atoms with Crippen LogP contribution in [0.5, 0.6) is 5.75 Å². The van der Waals surface area contributed by atoms with E-state index < -0.39 is 23.8 Å². The number of aliphatic hydroxyl groups excluding tert-OH is 1. The number of amides is 1. The number of Topliss-reactive ketones (excluding diaryl/α,β-unsaturated/α-hetero) is 1. The van der Waals surface area contributed by atoms with E-state index in [2.05, 4.69) is 28.6 Å². The quantitative estimate of drug-likeness (QED) is 0.139. The number of piperidine rings is 1. The van der Waals surface area contributed by atoms with E-state index in [1.54, 1.807) is 24.6 Å². The molecule has 3 fully saturated rings. The van der Waals surface area contributed by atoms with Crippen molar-refractivity contribution in [3.05, 3.63) is 64.2 Å². The summed E-state index contributed by atoms with van der Waals surface area (Å²) in [6.07, 6.45) is 7.65. The molecule has 0 radical (unpaired) electrons. The first-order chi connectivity index (χ1) is 22.6. The highest BCUT2D eigenvalue weighted by Crippen LogP contribution is 2.47. The first kappa shape index (κ1) is 33.2. The van der Waals surface area contributed by atoms with E-state index in [9.17, 15) is 19.5 Å². The highest BCUT2D eigenvalue weighted by molar-refractivity contribution is 8.00. The zero-order valence-electron chi connectivity index (χ0n) is 26.6. The largest absolute Gasteiger partial charge is 0.497 e. The van der Waals surface area contributed by atoms with Gasteiger partial charge in [-0.05, 0) is 29.3 Å². The number of nitrogens with one attached hydrogen (secondary N) is 1. The van der Waals surface area contributed by atoms with E-state index in [0.717, 1.165) is 59.2 Å². The Morgan fingerprint density at radius 3 is 2.55 bits per heavy atom. The number of ketones is 1. The van der Waals surface area contributed by atoms with Crippen LogP contribution in [0.4, 0.5) is 5.13 Å². The molecule has 2 aromatic rings. The summed E-state index contributed by atoms with van der Waals surface area (Å²) in [7, 11) is 5.16. The Hall–Kier alpha value is -3.72. The molecular formula is C33H40N5O7S2+. The van der Waals surface area contributed by atoms with Crippen LogP contribution >= 0.6 is 23.1 Å². The number of aromatic nitrogens is 1. The summed E-state index contributed by atoms with van der Waals surface area (Å²) in [5.74, 6) is -0.997. The van der Waals surface area contributed by atoms with Gasteiger partial charge in [0.25, 0.3) is 5.91 Å². The number of quaternary nitrogens is 1. The number of allylic oxidation sites excluding steroid dienone is 1. The topological polar surface area (TPSA) is 162 Å². The van der Waals surface area contributed by atoms with Gasteiger partial charge in [-0.15, -0.1) is 11.3 Å². The number of nitrogens with zero attached hydrogens (tertiary/aromatic N) is 3. The van der Waals surface area contributed by atoms with Gasteiger partial charge in [0.15, 0.2) is 16.6 Å². The fourth-order valence-electron chi connectivity index (χ4n) is 7.39. The number of carbonyl (C=O) groups is 3. The summed E-state index contributed by atoms with van der Waals surface area (Å²) in [6.45, 7) is 0.810. The highest BCUT2D eigenvalue weighted by atomic mass is 32.2.